The number of amides is 2. The van der Waals surface area contributed by atoms with E-state index >= 15 is 0 Å². The highest BCUT2D eigenvalue weighted by Gasteiger charge is 2.08. The van der Waals surface area contributed by atoms with Gasteiger partial charge in [-0.1, -0.05) is 36.4 Å². The molecule has 3 nitrogen and oxygen atoms in total. The molecule has 2 rings (SSSR count). The Balaban J connectivity index is 1.65. The fourth-order valence-electron chi connectivity index (χ4n) is 1.98. The van der Waals surface area contributed by atoms with Crippen molar-refractivity contribution in [2.75, 3.05) is 13.6 Å². The summed E-state index contributed by atoms with van der Waals surface area (Å²) in [6.07, 6.45) is 1.96. The van der Waals surface area contributed by atoms with Crippen molar-refractivity contribution >= 4 is 17.4 Å². The van der Waals surface area contributed by atoms with E-state index in [4.69, 9.17) is 0 Å². The Labute approximate surface area is 124 Å². The first-order valence-corrected chi connectivity index (χ1v) is 7.69. The van der Waals surface area contributed by atoms with E-state index in [0.717, 1.165) is 12.8 Å². The molecule has 0 bridgehead atoms. The maximum absolute atomic E-state index is 11.9. The molecule has 0 aliphatic carbocycles. The van der Waals surface area contributed by atoms with E-state index in [-0.39, 0.29) is 6.03 Å². The molecular weight excluding hydrogens is 268 g/mol. The predicted octanol–water partition coefficient (Wildman–Crippen LogP) is 3.52. The van der Waals surface area contributed by atoms with Crippen LogP contribution in [0.2, 0.25) is 0 Å². The van der Waals surface area contributed by atoms with Gasteiger partial charge in [0.05, 0.1) is 6.54 Å². The van der Waals surface area contributed by atoms with Gasteiger partial charge in [0.25, 0.3) is 0 Å². The summed E-state index contributed by atoms with van der Waals surface area (Å²) in [5.74, 6) is 0. The Hall–Kier alpha value is -1.81. The molecule has 0 aliphatic rings. The van der Waals surface area contributed by atoms with Gasteiger partial charge in [-0.05, 0) is 29.9 Å². The molecule has 0 spiro atoms. The monoisotopic (exact) mass is 288 g/mol. The van der Waals surface area contributed by atoms with Crippen LogP contribution < -0.4 is 5.32 Å². The number of aryl methyl sites for hydroxylation is 1. The maximum Gasteiger partial charge on any atom is 0.317 e. The molecule has 0 unspecified atom stereocenters. The first-order valence-electron chi connectivity index (χ1n) is 6.81. The van der Waals surface area contributed by atoms with Crippen LogP contribution in [0.4, 0.5) is 4.79 Å². The van der Waals surface area contributed by atoms with Gasteiger partial charge in [-0.3, -0.25) is 0 Å². The molecular formula is C16H20N2OS. The van der Waals surface area contributed by atoms with E-state index in [9.17, 15) is 4.79 Å². The molecule has 0 radical (unpaired) electrons. The highest BCUT2D eigenvalue weighted by molar-refractivity contribution is 7.09. The number of hydrogen-bond acceptors (Lipinski definition) is 2. The van der Waals surface area contributed by atoms with Gasteiger partial charge in [0, 0.05) is 18.5 Å². The molecule has 0 fully saturated rings. The van der Waals surface area contributed by atoms with E-state index in [0.29, 0.717) is 13.1 Å². The Morgan fingerprint density at radius 1 is 1.20 bits per heavy atom. The summed E-state index contributed by atoms with van der Waals surface area (Å²) in [6, 6.07) is 14.4. The van der Waals surface area contributed by atoms with Gasteiger partial charge in [-0.25, -0.2) is 4.79 Å². The minimum absolute atomic E-state index is 0.00791. The summed E-state index contributed by atoms with van der Waals surface area (Å²) in [4.78, 5) is 14.8. The van der Waals surface area contributed by atoms with Crippen molar-refractivity contribution < 1.29 is 4.79 Å². The van der Waals surface area contributed by atoms with Crippen LogP contribution in [0, 0.1) is 0 Å². The Morgan fingerprint density at radius 2 is 2.00 bits per heavy atom. The van der Waals surface area contributed by atoms with Crippen LogP contribution in [0.15, 0.2) is 47.8 Å². The quantitative estimate of drug-likeness (QED) is 0.810. The molecule has 2 aromatic rings. The molecule has 20 heavy (non-hydrogen) atoms. The van der Waals surface area contributed by atoms with Crippen molar-refractivity contribution in [2.45, 2.75) is 19.4 Å². The minimum Gasteiger partial charge on any atom is -0.338 e. The van der Waals surface area contributed by atoms with Crippen LogP contribution in [0.5, 0.6) is 0 Å². The molecule has 2 amide bonds. The van der Waals surface area contributed by atoms with Crippen molar-refractivity contribution in [3.63, 3.8) is 0 Å². The number of rotatable bonds is 6. The highest BCUT2D eigenvalue weighted by Crippen LogP contribution is 2.10. The standard InChI is InChI=1S/C16H20N2OS/c1-18(13-15-10-6-12-20-15)16(19)17-11-5-9-14-7-3-2-4-8-14/h2-4,6-8,10,12H,5,9,11,13H2,1H3,(H,17,19). The number of thiophene rings is 1. The van der Waals surface area contributed by atoms with Gasteiger partial charge in [0.1, 0.15) is 0 Å². The fourth-order valence-corrected chi connectivity index (χ4v) is 2.73. The third-order valence-electron chi connectivity index (χ3n) is 3.08. The van der Waals surface area contributed by atoms with Crippen LogP contribution in [0.1, 0.15) is 16.9 Å². The van der Waals surface area contributed by atoms with Gasteiger partial charge in [0.2, 0.25) is 0 Å². The summed E-state index contributed by atoms with van der Waals surface area (Å²) in [5.41, 5.74) is 1.31. The largest absolute Gasteiger partial charge is 0.338 e. The van der Waals surface area contributed by atoms with Crippen LogP contribution in [0.25, 0.3) is 0 Å². The van der Waals surface area contributed by atoms with Gasteiger partial charge in [-0.2, -0.15) is 0 Å². The van der Waals surface area contributed by atoms with Crippen molar-refractivity contribution in [3.8, 4) is 0 Å². The molecule has 1 aromatic heterocycles. The molecule has 1 aromatic carbocycles. The summed E-state index contributed by atoms with van der Waals surface area (Å²) in [6.45, 7) is 1.38. The van der Waals surface area contributed by atoms with Crippen molar-refractivity contribution in [1.82, 2.24) is 10.2 Å². The fraction of sp³-hybridized carbons (Fsp3) is 0.312. The number of carbonyl (C=O) groups excluding carboxylic acids is 1. The summed E-state index contributed by atoms with van der Waals surface area (Å²) >= 11 is 1.67. The molecule has 0 saturated heterocycles. The molecule has 0 atom stereocenters. The zero-order chi connectivity index (χ0) is 14.2. The Morgan fingerprint density at radius 3 is 2.70 bits per heavy atom. The minimum atomic E-state index is -0.00791. The average molecular weight is 288 g/mol. The Bertz CT molecular complexity index is 511. The van der Waals surface area contributed by atoms with Crippen molar-refractivity contribution in [2.24, 2.45) is 0 Å². The number of carbonyl (C=O) groups is 1. The van der Waals surface area contributed by atoms with Crippen LogP contribution in [0.3, 0.4) is 0 Å². The van der Waals surface area contributed by atoms with Crippen LogP contribution in [-0.2, 0) is 13.0 Å². The van der Waals surface area contributed by atoms with Gasteiger partial charge >= 0.3 is 6.03 Å². The van der Waals surface area contributed by atoms with E-state index < -0.39 is 0 Å². The van der Waals surface area contributed by atoms with Crippen LogP contribution in [-0.4, -0.2) is 24.5 Å². The zero-order valence-corrected chi connectivity index (χ0v) is 12.5. The molecule has 0 saturated carbocycles. The SMILES string of the molecule is CN(Cc1cccs1)C(=O)NCCCc1ccccc1. The number of hydrogen-bond donors (Lipinski definition) is 1. The van der Waals surface area contributed by atoms with E-state index in [1.807, 2.05) is 42.8 Å². The predicted molar refractivity (Wildman–Crippen MR) is 83.9 cm³/mol. The second kappa shape index (κ2) is 7.70. The van der Waals surface area contributed by atoms with Gasteiger partial charge in [0.15, 0.2) is 0 Å². The number of nitrogens with one attached hydrogen (secondary N) is 1. The summed E-state index contributed by atoms with van der Waals surface area (Å²) < 4.78 is 0. The number of urea groups is 1. The lowest BCUT2D eigenvalue weighted by Crippen LogP contribution is -2.37. The maximum atomic E-state index is 11.9. The van der Waals surface area contributed by atoms with Gasteiger partial charge < -0.3 is 10.2 Å². The lowest BCUT2D eigenvalue weighted by molar-refractivity contribution is 0.207. The van der Waals surface area contributed by atoms with Crippen molar-refractivity contribution in [1.29, 1.82) is 0 Å². The molecule has 1 N–H and O–H groups in total. The smallest absolute Gasteiger partial charge is 0.317 e. The zero-order valence-electron chi connectivity index (χ0n) is 11.7. The van der Waals surface area contributed by atoms with E-state index in [1.165, 1.54) is 10.4 Å². The number of benzene rings is 1. The third-order valence-corrected chi connectivity index (χ3v) is 3.94. The van der Waals surface area contributed by atoms with Crippen LogP contribution >= 0.6 is 11.3 Å². The van der Waals surface area contributed by atoms with Gasteiger partial charge in [-0.15, -0.1) is 11.3 Å². The first kappa shape index (κ1) is 14.6. The van der Waals surface area contributed by atoms with Crippen molar-refractivity contribution in [3.05, 3.63) is 58.3 Å². The third kappa shape index (κ3) is 4.70. The molecule has 106 valence electrons. The highest BCUT2D eigenvalue weighted by atomic mass is 32.1. The van der Waals surface area contributed by atoms with E-state index in [2.05, 4.69) is 17.4 Å². The first-order chi connectivity index (χ1) is 9.75. The summed E-state index contributed by atoms with van der Waals surface area (Å²) in [7, 11) is 1.83. The average Bonchev–Trinajstić information content (AvgIpc) is 2.97. The normalized spacial score (nSPS) is 10.2. The summed E-state index contributed by atoms with van der Waals surface area (Å²) in [5, 5.41) is 4.99. The molecule has 1 heterocycles. The molecule has 4 heteroatoms. The van der Waals surface area contributed by atoms with E-state index in [1.54, 1.807) is 16.2 Å². The Kier molecular flexibility index (Phi) is 5.62. The lowest BCUT2D eigenvalue weighted by atomic mass is 10.1. The number of nitrogens with zero attached hydrogens (tertiary/aromatic N) is 1. The second-order valence-electron chi connectivity index (χ2n) is 4.76. The lowest BCUT2D eigenvalue weighted by Gasteiger charge is -2.17. The molecule has 0 aliphatic heterocycles. The second-order valence-corrected chi connectivity index (χ2v) is 5.79. The topological polar surface area (TPSA) is 32.3 Å².